The van der Waals surface area contributed by atoms with Crippen LogP contribution in [-0.2, 0) is 16.6 Å². The number of hydrogen-bond donors (Lipinski definition) is 1. The molecule has 1 aromatic heterocycles. The summed E-state index contributed by atoms with van der Waals surface area (Å²) in [6.45, 7) is 3.00. The summed E-state index contributed by atoms with van der Waals surface area (Å²) in [5, 5.41) is 13.4. The standard InChI is InChI=1S/C11H17N3O4/c1-6-8(10(18-5)14(4)12-6)9(11(16)17)13(3)7(2)15/h9H,1-5H3,(H,16,17). The van der Waals surface area contributed by atoms with Crippen molar-refractivity contribution in [1.82, 2.24) is 14.7 Å². The Balaban J connectivity index is 3.39. The first-order chi connectivity index (χ1) is 8.31. The van der Waals surface area contributed by atoms with Crippen LogP contribution in [0.3, 0.4) is 0 Å². The average Bonchev–Trinajstić information content (AvgIpc) is 2.53. The Kier molecular flexibility index (Phi) is 3.95. The third kappa shape index (κ3) is 2.29. The van der Waals surface area contributed by atoms with Crippen molar-refractivity contribution < 1.29 is 19.4 Å². The molecular formula is C11H17N3O4. The van der Waals surface area contributed by atoms with Crippen molar-refractivity contribution in [2.24, 2.45) is 7.05 Å². The number of rotatable bonds is 4. The van der Waals surface area contributed by atoms with Gasteiger partial charge in [-0.05, 0) is 6.92 Å². The summed E-state index contributed by atoms with van der Waals surface area (Å²) in [5.74, 6) is -1.12. The number of carbonyl (C=O) groups excluding carboxylic acids is 1. The number of hydrogen-bond acceptors (Lipinski definition) is 4. The number of carboxylic acids is 1. The second kappa shape index (κ2) is 5.07. The molecule has 1 N–H and O–H groups in total. The van der Waals surface area contributed by atoms with E-state index in [4.69, 9.17) is 4.74 Å². The van der Waals surface area contributed by atoms with Gasteiger partial charge in [0.15, 0.2) is 6.04 Å². The van der Waals surface area contributed by atoms with E-state index in [9.17, 15) is 14.7 Å². The van der Waals surface area contributed by atoms with Gasteiger partial charge in [-0.3, -0.25) is 4.79 Å². The SMILES string of the molecule is COc1c(C(C(=O)O)N(C)C(C)=O)c(C)nn1C. The van der Waals surface area contributed by atoms with Crippen molar-refractivity contribution in [2.75, 3.05) is 14.2 Å². The fourth-order valence-electron chi connectivity index (χ4n) is 1.87. The second-order valence-electron chi connectivity index (χ2n) is 4.00. The molecule has 0 aliphatic rings. The van der Waals surface area contributed by atoms with E-state index in [1.165, 1.54) is 25.8 Å². The Morgan fingerprint density at radius 2 is 2.06 bits per heavy atom. The van der Waals surface area contributed by atoms with Gasteiger partial charge in [0.05, 0.1) is 18.4 Å². The molecule has 1 unspecified atom stereocenters. The van der Waals surface area contributed by atoms with Crippen LogP contribution in [0.4, 0.5) is 0 Å². The lowest BCUT2D eigenvalue weighted by molar-refractivity contribution is -0.148. The summed E-state index contributed by atoms with van der Waals surface area (Å²) in [5.41, 5.74) is 0.917. The number of aliphatic carboxylic acids is 1. The van der Waals surface area contributed by atoms with Crippen LogP contribution in [0.1, 0.15) is 24.2 Å². The maximum absolute atomic E-state index is 11.4. The summed E-state index contributed by atoms with van der Waals surface area (Å²) in [7, 11) is 4.53. The Morgan fingerprint density at radius 3 is 2.44 bits per heavy atom. The van der Waals surface area contributed by atoms with Gasteiger partial charge in [0.2, 0.25) is 11.8 Å². The van der Waals surface area contributed by atoms with Crippen LogP contribution in [0.2, 0.25) is 0 Å². The van der Waals surface area contributed by atoms with E-state index in [0.717, 1.165) is 4.90 Å². The molecule has 0 aromatic carbocycles. The molecule has 0 saturated heterocycles. The van der Waals surface area contributed by atoms with E-state index in [0.29, 0.717) is 17.1 Å². The van der Waals surface area contributed by atoms with Gasteiger partial charge in [-0.2, -0.15) is 5.10 Å². The zero-order valence-electron chi connectivity index (χ0n) is 11.1. The zero-order valence-corrected chi connectivity index (χ0v) is 11.1. The van der Waals surface area contributed by atoms with Gasteiger partial charge in [0.25, 0.3) is 0 Å². The number of aryl methyl sites for hydroxylation is 2. The first-order valence-corrected chi connectivity index (χ1v) is 5.35. The Bertz CT molecular complexity index is 481. The van der Waals surface area contributed by atoms with E-state index in [1.54, 1.807) is 14.0 Å². The highest BCUT2D eigenvalue weighted by atomic mass is 16.5. The molecule has 0 saturated carbocycles. The van der Waals surface area contributed by atoms with Crippen molar-refractivity contribution in [3.63, 3.8) is 0 Å². The Morgan fingerprint density at radius 1 is 1.50 bits per heavy atom. The number of carbonyl (C=O) groups is 2. The summed E-state index contributed by atoms with van der Waals surface area (Å²) >= 11 is 0. The Labute approximate surface area is 105 Å². The van der Waals surface area contributed by atoms with Crippen molar-refractivity contribution in [2.45, 2.75) is 19.9 Å². The predicted octanol–water partition coefficient (Wildman–Crippen LogP) is 0.341. The molecule has 0 bridgehead atoms. The highest BCUT2D eigenvalue weighted by Gasteiger charge is 2.33. The van der Waals surface area contributed by atoms with Gasteiger partial charge in [0.1, 0.15) is 0 Å². The van der Waals surface area contributed by atoms with E-state index in [1.807, 2.05) is 0 Å². The van der Waals surface area contributed by atoms with Gasteiger partial charge in [-0.1, -0.05) is 0 Å². The van der Waals surface area contributed by atoms with Gasteiger partial charge in [-0.25, -0.2) is 9.48 Å². The van der Waals surface area contributed by atoms with E-state index in [2.05, 4.69) is 5.10 Å². The molecule has 1 heterocycles. The van der Waals surface area contributed by atoms with Crippen LogP contribution in [-0.4, -0.2) is 45.8 Å². The fraction of sp³-hybridized carbons (Fsp3) is 0.545. The van der Waals surface area contributed by atoms with Crippen molar-refractivity contribution in [1.29, 1.82) is 0 Å². The van der Waals surface area contributed by atoms with Crippen LogP contribution in [0, 0.1) is 6.92 Å². The van der Waals surface area contributed by atoms with E-state index in [-0.39, 0.29) is 5.91 Å². The fourth-order valence-corrected chi connectivity index (χ4v) is 1.87. The van der Waals surface area contributed by atoms with Gasteiger partial charge >= 0.3 is 5.97 Å². The quantitative estimate of drug-likeness (QED) is 0.838. The number of likely N-dealkylation sites (N-methyl/N-ethyl adjacent to an activating group) is 1. The summed E-state index contributed by atoms with van der Waals surface area (Å²) in [6.07, 6.45) is 0. The molecule has 1 atom stereocenters. The molecule has 0 aliphatic heterocycles. The number of methoxy groups -OCH3 is 1. The molecule has 7 heteroatoms. The third-order valence-corrected chi connectivity index (χ3v) is 2.80. The average molecular weight is 255 g/mol. The zero-order chi connectivity index (χ0) is 14.0. The lowest BCUT2D eigenvalue weighted by Crippen LogP contribution is -2.34. The number of aromatic nitrogens is 2. The maximum Gasteiger partial charge on any atom is 0.331 e. The summed E-state index contributed by atoms with van der Waals surface area (Å²) in [6, 6.07) is -1.11. The van der Waals surface area contributed by atoms with Gasteiger partial charge in [-0.15, -0.1) is 0 Å². The lowest BCUT2D eigenvalue weighted by Gasteiger charge is -2.23. The van der Waals surface area contributed by atoms with E-state index < -0.39 is 12.0 Å². The molecule has 0 radical (unpaired) electrons. The smallest absolute Gasteiger partial charge is 0.331 e. The molecule has 1 rings (SSSR count). The lowest BCUT2D eigenvalue weighted by atomic mass is 10.1. The molecule has 18 heavy (non-hydrogen) atoms. The minimum Gasteiger partial charge on any atom is -0.481 e. The molecule has 0 spiro atoms. The predicted molar refractivity (Wildman–Crippen MR) is 63.3 cm³/mol. The second-order valence-corrected chi connectivity index (χ2v) is 4.00. The molecular weight excluding hydrogens is 238 g/mol. The minimum atomic E-state index is -1.12. The first kappa shape index (κ1) is 14.0. The van der Waals surface area contributed by atoms with Crippen molar-refractivity contribution in [3.05, 3.63) is 11.3 Å². The molecule has 1 aromatic rings. The van der Waals surface area contributed by atoms with Crippen molar-refractivity contribution in [3.8, 4) is 5.88 Å². The van der Waals surface area contributed by atoms with Gasteiger partial charge in [0, 0.05) is 21.0 Å². The monoisotopic (exact) mass is 255 g/mol. The van der Waals surface area contributed by atoms with Crippen LogP contribution in [0.15, 0.2) is 0 Å². The summed E-state index contributed by atoms with van der Waals surface area (Å²) in [4.78, 5) is 23.9. The maximum atomic E-state index is 11.4. The minimum absolute atomic E-state index is 0.340. The Hall–Kier alpha value is -2.05. The number of nitrogens with zero attached hydrogens (tertiary/aromatic N) is 3. The van der Waals surface area contributed by atoms with E-state index >= 15 is 0 Å². The third-order valence-electron chi connectivity index (χ3n) is 2.80. The van der Waals surface area contributed by atoms with Crippen LogP contribution >= 0.6 is 0 Å². The molecule has 7 nitrogen and oxygen atoms in total. The highest BCUT2D eigenvalue weighted by molar-refractivity contribution is 5.84. The molecule has 1 amide bonds. The normalized spacial score (nSPS) is 12.1. The number of carboxylic acid groups (broad SMARTS) is 1. The van der Waals surface area contributed by atoms with Gasteiger partial charge < -0.3 is 14.7 Å². The largest absolute Gasteiger partial charge is 0.481 e. The summed E-state index contributed by atoms with van der Waals surface area (Å²) < 4.78 is 6.61. The number of ether oxygens (including phenoxy) is 1. The highest BCUT2D eigenvalue weighted by Crippen LogP contribution is 2.31. The topological polar surface area (TPSA) is 84.7 Å². The first-order valence-electron chi connectivity index (χ1n) is 5.35. The van der Waals surface area contributed by atoms with Crippen LogP contribution in [0.5, 0.6) is 5.88 Å². The molecule has 0 fully saturated rings. The number of amides is 1. The molecule has 100 valence electrons. The molecule has 0 aliphatic carbocycles. The van der Waals surface area contributed by atoms with Crippen LogP contribution < -0.4 is 4.74 Å². The van der Waals surface area contributed by atoms with Crippen molar-refractivity contribution >= 4 is 11.9 Å². The van der Waals surface area contributed by atoms with Crippen LogP contribution in [0.25, 0.3) is 0 Å².